The maximum Gasteiger partial charge on any atom is 0.265 e. The Kier molecular flexibility index (Phi) is 3.84. The summed E-state index contributed by atoms with van der Waals surface area (Å²) >= 11 is 0. The number of aromatic nitrogens is 2. The van der Waals surface area contributed by atoms with Gasteiger partial charge in [-0.1, -0.05) is 0 Å². The zero-order valence-electron chi connectivity index (χ0n) is 11.0. The SMILES string of the molecule is CC1CN(C(=O)Cn2[nH]c(=O)ccc2=O)CC(C)O1. The Labute approximate surface area is 109 Å². The van der Waals surface area contributed by atoms with E-state index in [4.69, 9.17) is 4.74 Å². The Balaban J connectivity index is 2.10. The van der Waals surface area contributed by atoms with Crippen molar-refractivity contribution in [1.29, 1.82) is 0 Å². The number of hydrogen-bond acceptors (Lipinski definition) is 4. The smallest absolute Gasteiger partial charge is 0.265 e. The van der Waals surface area contributed by atoms with Crippen molar-refractivity contribution in [3.8, 4) is 0 Å². The van der Waals surface area contributed by atoms with E-state index in [0.717, 1.165) is 16.8 Å². The lowest BCUT2D eigenvalue weighted by Crippen LogP contribution is -2.50. The first-order valence-electron chi connectivity index (χ1n) is 6.19. The quantitative estimate of drug-likeness (QED) is 0.758. The Bertz CT molecular complexity index is 567. The second kappa shape index (κ2) is 5.40. The Hall–Kier alpha value is -1.89. The van der Waals surface area contributed by atoms with Gasteiger partial charge in [-0.05, 0) is 13.8 Å². The molecule has 7 nitrogen and oxygen atoms in total. The monoisotopic (exact) mass is 267 g/mol. The second-order valence-electron chi connectivity index (χ2n) is 4.79. The third-order valence-electron chi connectivity index (χ3n) is 2.95. The highest BCUT2D eigenvalue weighted by atomic mass is 16.5. The van der Waals surface area contributed by atoms with Crippen LogP contribution in [0.25, 0.3) is 0 Å². The fraction of sp³-hybridized carbons (Fsp3) is 0.583. The molecule has 2 heterocycles. The van der Waals surface area contributed by atoms with Crippen molar-refractivity contribution in [2.24, 2.45) is 0 Å². The summed E-state index contributed by atoms with van der Waals surface area (Å²) in [5.74, 6) is -0.203. The highest BCUT2D eigenvalue weighted by molar-refractivity contribution is 5.76. The third kappa shape index (κ3) is 3.31. The van der Waals surface area contributed by atoms with Crippen LogP contribution in [0.5, 0.6) is 0 Å². The van der Waals surface area contributed by atoms with Gasteiger partial charge in [-0.3, -0.25) is 19.5 Å². The number of amides is 1. The van der Waals surface area contributed by atoms with Crippen LogP contribution < -0.4 is 11.1 Å². The average Bonchev–Trinajstić information content (AvgIpc) is 2.32. The molecule has 19 heavy (non-hydrogen) atoms. The first-order valence-corrected chi connectivity index (χ1v) is 6.19. The lowest BCUT2D eigenvalue weighted by molar-refractivity contribution is -0.144. The molecule has 1 aliphatic heterocycles. The molecule has 7 heteroatoms. The summed E-state index contributed by atoms with van der Waals surface area (Å²) in [6, 6.07) is 2.29. The van der Waals surface area contributed by atoms with Gasteiger partial charge in [0, 0.05) is 25.2 Å². The molecule has 1 aromatic heterocycles. The molecule has 1 aromatic rings. The summed E-state index contributed by atoms with van der Waals surface area (Å²) < 4.78 is 6.56. The summed E-state index contributed by atoms with van der Waals surface area (Å²) in [4.78, 5) is 36.4. The van der Waals surface area contributed by atoms with Crippen LogP contribution >= 0.6 is 0 Å². The van der Waals surface area contributed by atoms with Gasteiger partial charge in [0.2, 0.25) is 5.91 Å². The zero-order valence-corrected chi connectivity index (χ0v) is 11.0. The number of rotatable bonds is 2. The minimum atomic E-state index is -0.406. The highest BCUT2D eigenvalue weighted by Crippen LogP contribution is 2.10. The van der Waals surface area contributed by atoms with Gasteiger partial charge in [0.15, 0.2) is 0 Å². The van der Waals surface area contributed by atoms with Crippen LogP contribution in [0.1, 0.15) is 13.8 Å². The summed E-state index contributed by atoms with van der Waals surface area (Å²) in [5, 5.41) is 2.34. The molecule has 104 valence electrons. The number of hydrogen-bond donors (Lipinski definition) is 1. The van der Waals surface area contributed by atoms with Gasteiger partial charge in [-0.2, -0.15) is 0 Å². The Morgan fingerprint density at radius 3 is 2.58 bits per heavy atom. The van der Waals surface area contributed by atoms with E-state index in [0.29, 0.717) is 13.1 Å². The van der Waals surface area contributed by atoms with Gasteiger partial charge in [0.25, 0.3) is 11.1 Å². The van der Waals surface area contributed by atoms with Crippen LogP contribution in [0.2, 0.25) is 0 Å². The molecule has 0 spiro atoms. The van der Waals surface area contributed by atoms with Crippen molar-refractivity contribution in [1.82, 2.24) is 14.7 Å². The molecule has 0 radical (unpaired) electrons. The molecule has 1 aliphatic rings. The van der Waals surface area contributed by atoms with Crippen molar-refractivity contribution >= 4 is 5.91 Å². The van der Waals surface area contributed by atoms with E-state index in [-0.39, 0.29) is 24.7 Å². The van der Waals surface area contributed by atoms with Gasteiger partial charge in [-0.15, -0.1) is 0 Å². The fourth-order valence-electron chi connectivity index (χ4n) is 2.20. The largest absolute Gasteiger partial charge is 0.372 e. The molecule has 1 N–H and O–H groups in total. The summed E-state index contributed by atoms with van der Waals surface area (Å²) in [6.45, 7) is 4.62. The van der Waals surface area contributed by atoms with E-state index in [2.05, 4.69) is 5.10 Å². The number of nitrogens with zero attached hydrogens (tertiary/aromatic N) is 2. The summed E-state index contributed by atoms with van der Waals surface area (Å²) in [7, 11) is 0. The maximum atomic E-state index is 12.1. The van der Waals surface area contributed by atoms with E-state index >= 15 is 0 Å². The molecule has 0 saturated carbocycles. The van der Waals surface area contributed by atoms with E-state index < -0.39 is 11.1 Å². The number of morpholine rings is 1. The number of carbonyl (C=O) groups excluding carboxylic acids is 1. The van der Waals surface area contributed by atoms with E-state index in [9.17, 15) is 14.4 Å². The molecule has 0 aromatic carbocycles. The van der Waals surface area contributed by atoms with Crippen molar-refractivity contribution < 1.29 is 9.53 Å². The number of aromatic amines is 1. The molecule has 2 atom stereocenters. The van der Waals surface area contributed by atoms with E-state index in [1.807, 2.05) is 13.8 Å². The number of nitrogens with one attached hydrogen (secondary N) is 1. The minimum absolute atomic E-state index is 0.0285. The van der Waals surface area contributed by atoms with Crippen molar-refractivity contribution in [3.05, 3.63) is 32.8 Å². The first kappa shape index (κ1) is 13.5. The number of ether oxygens (including phenoxy) is 1. The molecule has 1 amide bonds. The van der Waals surface area contributed by atoms with Crippen LogP contribution in [0.4, 0.5) is 0 Å². The molecule has 1 saturated heterocycles. The van der Waals surface area contributed by atoms with Gasteiger partial charge in [-0.25, -0.2) is 4.68 Å². The normalized spacial score (nSPS) is 23.4. The average molecular weight is 267 g/mol. The van der Waals surface area contributed by atoms with Crippen molar-refractivity contribution in [2.45, 2.75) is 32.6 Å². The number of carbonyl (C=O) groups is 1. The predicted octanol–water partition coefficient (Wildman–Crippen LogP) is -0.828. The molecule has 1 fully saturated rings. The topological polar surface area (TPSA) is 84.4 Å². The highest BCUT2D eigenvalue weighted by Gasteiger charge is 2.26. The fourth-order valence-corrected chi connectivity index (χ4v) is 2.20. The Morgan fingerprint density at radius 2 is 1.95 bits per heavy atom. The van der Waals surface area contributed by atoms with Crippen LogP contribution in [0, 0.1) is 0 Å². The minimum Gasteiger partial charge on any atom is -0.372 e. The van der Waals surface area contributed by atoms with Gasteiger partial charge in [0.1, 0.15) is 6.54 Å². The molecular weight excluding hydrogens is 250 g/mol. The molecule has 0 bridgehead atoms. The van der Waals surface area contributed by atoms with Crippen LogP contribution in [0.15, 0.2) is 21.7 Å². The van der Waals surface area contributed by atoms with E-state index in [1.54, 1.807) is 4.90 Å². The molecule has 2 unspecified atom stereocenters. The van der Waals surface area contributed by atoms with Gasteiger partial charge >= 0.3 is 0 Å². The molecule has 2 rings (SSSR count). The third-order valence-corrected chi connectivity index (χ3v) is 2.95. The summed E-state index contributed by atoms with van der Waals surface area (Å²) in [6.07, 6.45) is -0.0570. The van der Waals surface area contributed by atoms with Crippen LogP contribution in [-0.2, 0) is 16.1 Å². The van der Waals surface area contributed by atoms with Crippen LogP contribution in [0.3, 0.4) is 0 Å². The van der Waals surface area contributed by atoms with Crippen molar-refractivity contribution in [2.75, 3.05) is 13.1 Å². The zero-order chi connectivity index (χ0) is 14.0. The maximum absolute atomic E-state index is 12.1. The first-order chi connectivity index (χ1) is 8.95. The van der Waals surface area contributed by atoms with E-state index in [1.165, 1.54) is 0 Å². The van der Waals surface area contributed by atoms with Crippen molar-refractivity contribution in [3.63, 3.8) is 0 Å². The molecular formula is C12H17N3O4. The predicted molar refractivity (Wildman–Crippen MR) is 67.9 cm³/mol. The second-order valence-corrected chi connectivity index (χ2v) is 4.79. The summed E-state index contributed by atoms with van der Waals surface area (Å²) in [5.41, 5.74) is -0.807. The van der Waals surface area contributed by atoms with Gasteiger partial charge in [0.05, 0.1) is 12.2 Å². The standard InChI is InChI=1S/C12H17N3O4/c1-8-5-14(6-9(2)19-8)12(18)7-15-11(17)4-3-10(16)13-15/h3-4,8-9H,5-7H2,1-2H3,(H,13,16). The number of H-pyrrole nitrogens is 1. The lowest BCUT2D eigenvalue weighted by Gasteiger charge is -2.35. The molecule has 0 aliphatic carbocycles. The van der Waals surface area contributed by atoms with Crippen LogP contribution in [-0.4, -0.2) is 45.9 Å². The Morgan fingerprint density at radius 1 is 1.32 bits per heavy atom. The lowest BCUT2D eigenvalue weighted by atomic mass is 10.2. The van der Waals surface area contributed by atoms with Gasteiger partial charge < -0.3 is 9.64 Å².